The van der Waals surface area contributed by atoms with Gasteiger partial charge in [-0.2, -0.15) is 0 Å². The van der Waals surface area contributed by atoms with Gasteiger partial charge in [0.1, 0.15) is 6.29 Å². The molecule has 0 aromatic heterocycles. The lowest BCUT2D eigenvalue weighted by Crippen LogP contribution is -2.27. The highest BCUT2D eigenvalue weighted by Gasteiger charge is 2.28. The molecule has 4 rings (SSSR count). The Morgan fingerprint density at radius 2 is 1.73 bits per heavy atom. The van der Waals surface area contributed by atoms with Gasteiger partial charge in [0.2, 0.25) is 0 Å². The van der Waals surface area contributed by atoms with Crippen molar-refractivity contribution in [1.82, 2.24) is 10.6 Å². The van der Waals surface area contributed by atoms with E-state index in [2.05, 4.69) is 42.0 Å². The van der Waals surface area contributed by atoms with E-state index in [0.29, 0.717) is 11.1 Å². The summed E-state index contributed by atoms with van der Waals surface area (Å²) in [5, 5.41) is 5.86. The maximum atomic E-state index is 12.4. The third kappa shape index (κ3) is 6.96. The molecule has 1 amide bonds. The minimum atomic E-state index is -0.113. The van der Waals surface area contributed by atoms with Gasteiger partial charge in [0, 0.05) is 12.6 Å². The second-order valence-electron chi connectivity index (χ2n) is 7.04. The Morgan fingerprint density at radius 3 is 2.33 bits per heavy atom. The molecule has 2 aliphatic carbocycles. The van der Waals surface area contributed by atoms with E-state index in [1.807, 2.05) is 27.9 Å². The first-order valence-corrected chi connectivity index (χ1v) is 10.7. The molecule has 164 valence electrons. The van der Waals surface area contributed by atoms with E-state index in [0.717, 1.165) is 25.0 Å². The molecule has 4 nitrogen and oxygen atoms in total. The molecule has 0 bridgehead atoms. The van der Waals surface area contributed by atoms with Crippen LogP contribution in [0.5, 0.6) is 0 Å². The second kappa shape index (κ2) is 13.5. The summed E-state index contributed by atoms with van der Waals surface area (Å²) in [6, 6.07) is 13.6. The van der Waals surface area contributed by atoms with E-state index in [-0.39, 0.29) is 13.4 Å². The van der Waals surface area contributed by atoms with Crippen molar-refractivity contribution in [2.45, 2.75) is 51.5 Å². The summed E-state index contributed by atoms with van der Waals surface area (Å²) in [5.41, 5.74) is 5.14. The van der Waals surface area contributed by atoms with Gasteiger partial charge in [-0.25, -0.2) is 0 Å². The molecular weight excluding hydrogens is 372 g/mol. The smallest absolute Gasteiger partial charge is 0.251 e. The molecule has 0 heterocycles. The van der Waals surface area contributed by atoms with Gasteiger partial charge < -0.3 is 10.6 Å². The van der Waals surface area contributed by atoms with E-state index in [9.17, 15) is 9.59 Å². The molecule has 0 spiro atoms. The number of aldehydes is 1. The van der Waals surface area contributed by atoms with Crippen LogP contribution in [0.2, 0.25) is 0 Å². The zero-order valence-corrected chi connectivity index (χ0v) is 18.8. The lowest BCUT2D eigenvalue weighted by Gasteiger charge is -2.15. The molecule has 2 aliphatic rings. The highest BCUT2D eigenvalue weighted by molar-refractivity contribution is 5.96. The average molecular weight is 411 g/mol. The lowest BCUT2D eigenvalue weighted by atomic mass is 10.0. The van der Waals surface area contributed by atoms with Crippen molar-refractivity contribution in [2.75, 3.05) is 14.1 Å². The fourth-order valence-corrected chi connectivity index (χ4v) is 3.45. The number of carbonyl (C=O) groups is 2. The predicted octanol–water partition coefficient (Wildman–Crippen LogP) is 5.70. The van der Waals surface area contributed by atoms with Crippen LogP contribution in [0.15, 0.2) is 55.6 Å². The van der Waals surface area contributed by atoms with Gasteiger partial charge in [-0.05, 0) is 74.5 Å². The SMILES string of the molecule is C=C.CC.CNC.O=Cc1cccc(C(=O)NC2CCc3cc(C4CC4)ccc32)c1.[HH]. The summed E-state index contributed by atoms with van der Waals surface area (Å²) in [5.74, 6) is 0.651. The van der Waals surface area contributed by atoms with E-state index in [1.54, 1.807) is 24.3 Å². The molecule has 1 unspecified atom stereocenters. The van der Waals surface area contributed by atoms with Crippen molar-refractivity contribution in [3.8, 4) is 0 Å². The Balaban J connectivity index is 0.00000102. The summed E-state index contributed by atoms with van der Waals surface area (Å²) in [6.07, 6.45) is 5.36. The Kier molecular flexibility index (Phi) is 11.4. The fourth-order valence-electron chi connectivity index (χ4n) is 3.45. The molecule has 2 aromatic rings. The number of rotatable bonds is 4. The van der Waals surface area contributed by atoms with Gasteiger partial charge >= 0.3 is 0 Å². The van der Waals surface area contributed by atoms with E-state index < -0.39 is 0 Å². The minimum absolute atomic E-state index is 0. The maximum absolute atomic E-state index is 12.4. The number of fused-ring (bicyclic) bond motifs is 1. The number of hydrogen-bond donors (Lipinski definition) is 2. The molecule has 0 saturated heterocycles. The first-order valence-electron chi connectivity index (χ1n) is 10.7. The van der Waals surface area contributed by atoms with Gasteiger partial charge in [0.25, 0.3) is 5.91 Å². The third-order valence-corrected chi connectivity index (χ3v) is 4.88. The molecule has 0 radical (unpaired) electrons. The van der Waals surface area contributed by atoms with Gasteiger partial charge in [0.15, 0.2) is 0 Å². The zero-order valence-electron chi connectivity index (χ0n) is 18.8. The molecule has 30 heavy (non-hydrogen) atoms. The van der Waals surface area contributed by atoms with Gasteiger partial charge in [-0.3, -0.25) is 9.59 Å². The highest BCUT2D eigenvalue weighted by Crippen LogP contribution is 2.42. The number of carbonyl (C=O) groups excluding carboxylic acids is 2. The highest BCUT2D eigenvalue weighted by atomic mass is 16.1. The lowest BCUT2D eigenvalue weighted by molar-refractivity contribution is 0.0936. The Bertz CT molecular complexity index is 819. The summed E-state index contributed by atoms with van der Waals surface area (Å²) in [4.78, 5) is 23.3. The Morgan fingerprint density at radius 1 is 1.07 bits per heavy atom. The predicted molar refractivity (Wildman–Crippen MR) is 128 cm³/mol. The molecule has 4 heteroatoms. The first-order chi connectivity index (χ1) is 14.7. The van der Waals surface area contributed by atoms with Crippen molar-refractivity contribution < 1.29 is 11.0 Å². The van der Waals surface area contributed by atoms with Crippen LogP contribution in [0.4, 0.5) is 0 Å². The molecule has 0 aliphatic heterocycles. The van der Waals surface area contributed by atoms with E-state index >= 15 is 0 Å². The minimum Gasteiger partial charge on any atom is -0.345 e. The number of hydrogen-bond acceptors (Lipinski definition) is 3. The average Bonchev–Trinajstić information content (AvgIpc) is 3.59. The van der Waals surface area contributed by atoms with Gasteiger partial charge in [-0.1, -0.05) is 44.2 Å². The zero-order chi connectivity index (χ0) is 22.5. The number of nitrogens with one attached hydrogen (secondary N) is 2. The van der Waals surface area contributed by atoms with Crippen molar-refractivity contribution in [2.24, 2.45) is 0 Å². The molecule has 1 saturated carbocycles. The molecule has 1 fully saturated rings. The van der Waals surface area contributed by atoms with Gasteiger partial charge in [0.05, 0.1) is 6.04 Å². The van der Waals surface area contributed by atoms with Crippen LogP contribution >= 0.6 is 0 Å². The van der Waals surface area contributed by atoms with Crippen molar-refractivity contribution in [3.05, 3.63) is 83.4 Å². The van der Waals surface area contributed by atoms with Crippen LogP contribution in [-0.4, -0.2) is 26.3 Å². The monoisotopic (exact) mass is 410 g/mol. The largest absolute Gasteiger partial charge is 0.345 e. The van der Waals surface area contributed by atoms with Crippen molar-refractivity contribution in [1.29, 1.82) is 0 Å². The summed E-state index contributed by atoms with van der Waals surface area (Å²) >= 11 is 0. The second-order valence-corrected chi connectivity index (χ2v) is 7.04. The number of aryl methyl sites for hydroxylation is 1. The number of benzene rings is 2. The van der Waals surface area contributed by atoms with Crippen LogP contribution in [0.3, 0.4) is 0 Å². The van der Waals surface area contributed by atoms with Crippen molar-refractivity contribution >= 4 is 12.2 Å². The fraction of sp³-hybridized carbons (Fsp3) is 0.385. The maximum Gasteiger partial charge on any atom is 0.251 e. The van der Waals surface area contributed by atoms with E-state index in [1.165, 1.54) is 29.5 Å². The molecular formula is C26H38N2O2. The van der Waals surface area contributed by atoms with Gasteiger partial charge in [-0.15, -0.1) is 13.2 Å². The van der Waals surface area contributed by atoms with Crippen LogP contribution < -0.4 is 10.6 Å². The summed E-state index contributed by atoms with van der Waals surface area (Å²) < 4.78 is 0. The molecule has 1 atom stereocenters. The van der Waals surface area contributed by atoms with Crippen LogP contribution in [0.1, 0.15) is 83.9 Å². The Hall–Kier alpha value is -2.72. The summed E-state index contributed by atoms with van der Waals surface area (Å²) in [7, 11) is 3.75. The summed E-state index contributed by atoms with van der Waals surface area (Å²) in [6.45, 7) is 10.0. The normalized spacial score (nSPS) is 15.7. The Labute approximate surface area is 183 Å². The third-order valence-electron chi connectivity index (χ3n) is 4.88. The van der Waals surface area contributed by atoms with Crippen LogP contribution in [0, 0.1) is 0 Å². The van der Waals surface area contributed by atoms with Crippen LogP contribution in [-0.2, 0) is 6.42 Å². The van der Waals surface area contributed by atoms with Crippen LogP contribution in [0.25, 0.3) is 0 Å². The standard InChI is InChI=1S/C20H19NO2.C2H7N.C2H6.C2H4.H2/c22-12-13-2-1-3-17(10-13)20(23)21-19-9-7-16-11-15(14-4-5-14)6-8-18(16)19;1-3-2;2*1-2;/h1-3,6,8,10-12,14,19H,4-5,7,9H2,(H,21,23);3H,1-2H3;1-2H3;1-2H2;1H. The van der Waals surface area contributed by atoms with Crippen molar-refractivity contribution in [3.63, 3.8) is 0 Å². The quantitative estimate of drug-likeness (QED) is 0.502. The topological polar surface area (TPSA) is 58.2 Å². The molecule has 2 N–H and O–H groups in total. The van der Waals surface area contributed by atoms with E-state index in [4.69, 9.17) is 0 Å². The number of amides is 1. The molecule has 2 aromatic carbocycles. The first kappa shape index (κ1) is 25.3.